The maximum Gasteiger partial charge on any atom is 0.416 e. The Labute approximate surface area is 145 Å². The molecular weight excluding hydrogens is 362 g/mol. The van der Waals surface area contributed by atoms with Crippen LogP contribution in [0.3, 0.4) is 0 Å². The second-order valence-corrected chi connectivity index (χ2v) is 6.02. The van der Waals surface area contributed by atoms with E-state index in [-0.39, 0.29) is 18.5 Å². The second-order valence-electron chi connectivity index (χ2n) is 5.58. The minimum absolute atomic E-state index is 0.221. The first-order valence-corrected chi connectivity index (χ1v) is 7.70. The van der Waals surface area contributed by atoms with E-state index in [9.17, 15) is 22.4 Å². The normalized spacial score (nSPS) is 16.3. The lowest BCUT2D eigenvalue weighted by Gasteiger charge is -2.15. The molecule has 1 N–H and O–H groups in total. The number of amides is 1. The van der Waals surface area contributed by atoms with E-state index < -0.39 is 29.6 Å². The Hall–Kier alpha value is -2.28. The molecule has 0 aliphatic carbocycles. The summed E-state index contributed by atoms with van der Waals surface area (Å²) in [5.41, 5.74) is -0.582. The van der Waals surface area contributed by atoms with Crippen LogP contribution in [0.4, 0.5) is 17.6 Å². The van der Waals surface area contributed by atoms with Crippen LogP contribution >= 0.6 is 11.6 Å². The number of fused-ring (bicyclic) bond motifs is 1. The molecule has 0 bridgehead atoms. The molecule has 2 aromatic carbocycles. The highest BCUT2D eigenvalue weighted by molar-refractivity contribution is 6.30. The summed E-state index contributed by atoms with van der Waals surface area (Å²) < 4.78 is 57.4. The average molecular weight is 374 g/mol. The van der Waals surface area contributed by atoms with Crippen molar-refractivity contribution in [2.45, 2.75) is 25.2 Å². The first-order valence-electron chi connectivity index (χ1n) is 7.32. The van der Waals surface area contributed by atoms with Gasteiger partial charge in [-0.1, -0.05) is 17.7 Å². The average Bonchev–Trinajstić information content (AvgIpc) is 2.95. The highest BCUT2D eigenvalue weighted by Crippen LogP contribution is 2.33. The number of halogens is 5. The van der Waals surface area contributed by atoms with Crippen LogP contribution in [0.5, 0.6) is 5.75 Å². The van der Waals surface area contributed by atoms with Crippen molar-refractivity contribution < 1.29 is 27.1 Å². The second kappa shape index (κ2) is 6.55. The van der Waals surface area contributed by atoms with Gasteiger partial charge < -0.3 is 10.1 Å². The first kappa shape index (κ1) is 17.5. The van der Waals surface area contributed by atoms with Gasteiger partial charge in [0.1, 0.15) is 11.6 Å². The largest absolute Gasteiger partial charge is 0.480 e. The number of hydrogen-bond donors (Lipinski definition) is 1. The Morgan fingerprint density at radius 1 is 1.24 bits per heavy atom. The zero-order valence-electron chi connectivity index (χ0n) is 12.7. The molecule has 25 heavy (non-hydrogen) atoms. The maximum atomic E-state index is 13.1. The van der Waals surface area contributed by atoms with Gasteiger partial charge in [-0.25, -0.2) is 4.39 Å². The smallest absolute Gasteiger partial charge is 0.416 e. The van der Waals surface area contributed by atoms with Gasteiger partial charge in [0.15, 0.2) is 6.10 Å². The Bertz CT molecular complexity index is 823. The lowest BCUT2D eigenvalue weighted by Crippen LogP contribution is -2.37. The minimum atomic E-state index is -4.71. The van der Waals surface area contributed by atoms with Crippen molar-refractivity contribution in [2.24, 2.45) is 0 Å². The number of rotatable bonds is 3. The molecule has 132 valence electrons. The van der Waals surface area contributed by atoms with E-state index in [1.54, 1.807) is 18.2 Å². The zero-order chi connectivity index (χ0) is 18.2. The van der Waals surface area contributed by atoms with Crippen LogP contribution in [0.2, 0.25) is 5.02 Å². The molecule has 3 rings (SSSR count). The standard InChI is InChI=1S/C17H12ClF4NO2/c18-11-2-4-14-10(5-11)6-15(25-14)16(24)23-8-9-1-3-12(19)7-13(9)17(20,21)22/h1-5,7,15H,6,8H2,(H,23,24). The number of benzene rings is 2. The number of alkyl halides is 3. The number of hydrogen-bond acceptors (Lipinski definition) is 2. The van der Waals surface area contributed by atoms with Gasteiger partial charge in [0.2, 0.25) is 0 Å². The molecule has 1 atom stereocenters. The van der Waals surface area contributed by atoms with Crippen LogP contribution in [0.15, 0.2) is 36.4 Å². The molecule has 2 aromatic rings. The summed E-state index contributed by atoms with van der Waals surface area (Å²) in [6, 6.07) is 7.25. The predicted octanol–water partition coefficient (Wildman–Crippen LogP) is 4.12. The van der Waals surface area contributed by atoms with Crippen molar-refractivity contribution in [3.63, 3.8) is 0 Å². The summed E-state index contributed by atoms with van der Waals surface area (Å²) in [7, 11) is 0. The Morgan fingerprint density at radius 3 is 2.72 bits per heavy atom. The number of carbonyl (C=O) groups is 1. The molecule has 0 saturated heterocycles. The summed E-state index contributed by atoms with van der Waals surface area (Å²) in [4.78, 5) is 12.2. The van der Waals surface area contributed by atoms with Crippen LogP contribution in [-0.4, -0.2) is 12.0 Å². The fourth-order valence-electron chi connectivity index (χ4n) is 2.63. The lowest BCUT2D eigenvalue weighted by atomic mass is 10.1. The molecule has 3 nitrogen and oxygen atoms in total. The van der Waals surface area contributed by atoms with Crippen LogP contribution < -0.4 is 10.1 Å². The first-order chi connectivity index (χ1) is 11.7. The number of carbonyl (C=O) groups excluding carboxylic acids is 1. The molecule has 1 unspecified atom stereocenters. The number of ether oxygens (including phenoxy) is 1. The van der Waals surface area contributed by atoms with Gasteiger partial charge >= 0.3 is 6.18 Å². The summed E-state index contributed by atoms with van der Waals surface area (Å²) in [6.07, 6.45) is -5.28. The topological polar surface area (TPSA) is 38.3 Å². The lowest BCUT2D eigenvalue weighted by molar-refractivity contribution is -0.138. The third kappa shape index (κ3) is 3.87. The highest BCUT2D eigenvalue weighted by atomic mass is 35.5. The fraction of sp³-hybridized carbons (Fsp3) is 0.235. The zero-order valence-corrected chi connectivity index (χ0v) is 13.4. The molecule has 1 amide bonds. The molecule has 1 aliphatic rings. The maximum absolute atomic E-state index is 13.1. The van der Waals surface area contributed by atoms with Gasteiger partial charge in [-0.05, 0) is 41.5 Å². The molecule has 0 fully saturated rings. The fourth-order valence-corrected chi connectivity index (χ4v) is 2.82. The van der Waals surface area contributed by atoms with Crippen molar-refractivity contribution in [3.8, 4) is 5.75 Å². The minimum Gasteiger partial charge on any atom is -0.480 e. The Balaban J connectivity index is 1.68. The molecule has 0 aromatic heterocycles. The van der Waals surface area contributed by atoms with Crippen LogP contribution in [0, 0.1) is 5.82 Å². The van der Waals surface area contributed by atoms with Gasteiger partial charge in [-0.2, -0.15) is 13.2 Å². The van der Waals surface area contributed by atoms with Crippen molar-refractivity contribution >= 4 is 17.5 Å². The van der Waals surface area contributed by atoms with Gasteiger partial charge in [0.05, 0.1) is 5.56 Å². The van der Waals surface area contributed by atoms with Gasteiger partial charge in [0.25, 0.3) is 5.91 Å². The van der Waals surface area contributed by atoms with Gasteiger partial charge in [-0.3, -0.25) is 4.79 Å². The molecule has 1 heterocycles. The molecular formula is C17H12ClF4NO2. The summed E-state index contributed by atoms with van der Waals surface area (Å²) in [6.45, 7) is -0.384. The van der Waals surface area contributed by atoms with E-state index in [1.165, 1.54) is 0 Å². The summed E-state index contributed by atoms with van der Waals surface area (Å²) in [5, 5.41) is 2.91. The van der Waals surface area contributed by atoms with Gasteiger partial charge in [-0.15, -0.1) is 0 Å². The third-order valence-electron chi connectivity index (χ3n) is 3.82. The molecule has 8 heteroatoms. The van der Waals surface area contributed by atoms with E-state index in [0.29, 0.717) is 16.8 Å². The summed E-state index contributed by atoms with van der Waals surface area (Å²) in [5.74, 6) is -1.03. The van der Waals surface area contributed by atoms with Gasteiger partial charge in [0, 0.05) is 18.0 Å². The van der Waals surface area contributed by atoms with Crippen molar-refractivity contribution in [1.29, 1.82) is 0 Å². The van der Waals surface area contributed by atoms with E-state index >= 15 is 0 Å². The van der Waals surface area contributed by atoms with Crippen LogP contribution in [0.25, 0.3) is 0 Å². The predicted molar refractivity (Wildman–Crippen MR) is 82.8 cm³/mol. The van der Waals surface area contributed by atoms with Crippen molar-refractivity contribution in [1.82, 2.24) is 5.32 Å². The van der Waals surface area contributed by atoms with Crippen LogP contribution in [0.1, 0.15) is 16.7 Å². The molecule has 0 saturated carbocycles. The quantitative estimate of drug-likeness (QED) is 0.822. The van der Waals surface area contributed by atoms with E-state index in [0.717, 1.165) is 17.7 Å². The van der Waals surface area contributed by atoms with E-state index in [2.05, 4.69) is 5.32 Å². The highest BCUT2D eigenvalue weighted by Gasteiger charge is 2.34. The van der Waals surface area contributed by atoms with E-state index in [4.69, 9.17) is 16.3 Å². The molecule has 0 radical (unpaired) electrons. The Morgan fingerprint density at radius 2 is 2.00 bits per heavy atom. The Kier molecular flexibility index (Phi) is 4.60. The van der Waals surface area contributed by atoms with Crippen molar-refractivity contribution in [2.75, 3.05) is 0 Å². The molecule has 1 aliphatic heterocycles. The SMILES string of the molecule is O=C(NCc1ccc(F)cc1C(F)(F)F)C1Cc2cc(Cl)ccc2O1. The van der Waals surface area contributed by atoms with Crippen molar-refractivity contribution in [3.05, 3.63) is 63.9 Å². The van der Waals surface area contributed by atoms with Crippen LogP contribution in [-0.2, 0) is 23.9 Å². The molecule has 0 spiro atoms. The van der Waals surface area contributed by atoms with E-state index in [1.807, 2.05) is 0 Å². The monoisotopic (exact) mass is 373 g/mol. The third-order valence-corrected chi connectivity index (χ3v) is 4.05. The number of nitrogens with one attached hydrogen (secondary N) is 1. The summed E-state index contributed by atoms with van der Waals surface area (Å²) >= 11 is 5.87.